The predicted octanol–water partition coefficient (Wildman–Crippen LogP) is 5.95. The first-order chi connectivity index (χ1) is 27.7. The molecule has 1 amide bonds. The maximum atomic E-state index is 14.7. The van der Waals surface area contributed by atoms with Crippen molar-refractivity contribution in [2.75, 3.05) is 45.0 Å². The number of carbonyl (C=O) groups excluding carboxylic acids is 2. The van der Waals surface area contributed by atoms with Crippen molar-refractivity contribution < 1.29 is 32.2 Å². The molecule has 0 saturated carbocycles. The normalized spacial score (nSPS) is 16.5. The molecule has 2 atom stereocenters. The fraction of sp³-hybridized carbons (Fsp3) is 0.326. The fourth-order valence-electron chi connectivity index (χ4n) is 7.08. The van der Waals surface area contributed by atoms with Gasteiger partial charge in [0.25, 0.3) is 11.5 Å². The first-order valence-electron chi connectivity index (χ1n) is 19.1. The molecule has 1 saturated heterocycles. The lowest BCUT2D eigenvalue weighted by molar-refractivity contribution is -0.110. The molecule has 2 N–H and O–H groups in total. The number of sulfonamides is 1. The topological polar surface area (TPSA) is 167 Å². The van der Waals surface area contributed by atoms with Crippen LogP contribution in [0.2, 0.25) is 0 Å². The first kappa shape index (κ1) is 41.7. The first-order valence-corrected chi connectivity index (χ1v) is 21.0. The number of benzene rings is 4. The number of nitrogens with zero attached hydrogens (tertiary/aromatic N) is 4. The Labute approximate surface area is 338 Å². The van der Waals surface area contributed by atoms with Crippen molar-refractivity contribution in [3.8, 4) is 11.5 Å². The maximum absolute atomic E-state index is 14.7. The lowest BCUT2D eigenvalue weighted by atomic mass is 10.1. The predicted molar refractivity (Wildman–Crippen MR) is 226 cm³/mol. The Hall–Kier alpha value is -5.90. The van der Waals surface area contributed by atoms with Gasteiger partial charge in [-0.25, -0.2) is 23.2 Å². The standard InChI is InChI=1S/C43H48N6O8S/c1-8-49(26-38(49)47-58(7,53)54)31-17-18-33(28(4)24-31)44-39(41(50)46-35-25-30(43(52)56-9-2)16-20-37(35)55-6)40-45-34-14-11-10-13-32(34)42(51)48(40)21-12-22-57-36-19-15-27(3)23-29(36)5/h10-11,13-20,23-25,38,47H,8-9,12,21-22,26H2,1-7H3/p+1. The Kier molecular flexibility index (Phi) is 12.4. The molecule has 0 aliphatic carbocycles. The van der Waals surface area contributed by atoms with E-state index in [-0.39, 0.29) is 60.0 Å². The third-order valence-corrected chi connectivity index (χ3v) is 10.9. The van der Waals surface area contributed by atoms with Gasteiger partial charge in [0.2, 0.25) is 16.2 Å². The van der Waals surface area contributed by atoms with Crippen molar-refractivity contribution in [2.45, 2.75) is 53.8 Å². The Morgan fingerprint density at radius 3 is 2.41 bits per heavy atom. The Morgan fingerprint density at radius 2 is 1.72 bits per heavy atom. The summed E-state index contributed by atoms with van der Waals surface area (Å²) in [6.07, 6.45) is 1.25. The molecule has 1 aliphatic rings. The van der Waals surface area contributed by atoms with Crippen LogP contribution >= 0.6 is 0 Å². The number of hydrogen-bond acceptors (Lipinski definition) is 10. The van der Waals surface area contributed by atoms with E-state index in [1.807, 2.05) is 58.0 Å². The van der Waals surface area contributed by atoms with Crippen LogP contribution in [0.15, 0.2) is 88.6 Å². The number of anilines is 1. The van der Waals surface area contributed by atoms with Gasteiger partial charge in [0, 0.05) is 18.7 Å². The molecule has 1 fully saturated rings. The fourth-order valence-corrected chi connectivity index (χ4v) is 7.85. The van der Waals surface area contributed by atoms with Gasteiger partial charge >= 0.3 is 5.97 Å². The zero-order valence-electron chi connectivity index (χ0n) is 33.8. The largest absolute Gasteiger partial charge is 0.495 e. The lowest BCUT2D eigenvalue weighted by Gasteiger charge is -2.20. The van der Waals surface area contributed by atoms with Gasteiger partial charge in [-0.3, -0.25) is 18.6 Å². The second kappa shape index (κ2) is 17.3. The van der Waals surface area contributed by atoms with Gasteiger partial charge in [-0.05, 0) is 94.6 Å². The minimum Gasteiger partial charge on any atom is -0.495 e. The zero-order chi connectivity index (χ0) is 41.8. The number of quaternary nitrogens is 1. The number of aliphatic imine (C=N–C) groups is 1. The van der Waals surface area contributed by atoms with Gasteiger partial charge in [-0.15, -0.1) is 0 Å². The molecule has 15 heteroatoms. The molecule has 304 valence electrons. The number of esters is 1. The number of aryl methyl sites for hydroxylation is 3. The number of fused-ring (bicyclic) bond motifs is 1. The van der Waals surface area contributed by atoms with Crippen LogP contribution in [0, 0.1) is 20.8 Å². The van der Waals surface area contributed by atoms with Crippen molar-refractivity contribution in [2.24, 2.45) is 4.99 Å². The third-order valence-electron chi connectivity index (χ3n) is 10.2. The number of carbonyl (C=O) groups is 2. The molecule has 2 unspecified atom stereocenters. The number of rotatable bonds is 16. The summed E-state index contributed by atoms with van der Waals surface area (Å²) in [5, 5.41) is 3.23. The number of likely N-dealkylation sites (N-methyl/N-ethyl adjacent to an activating group) is 1. The molecule has 0 spiro atoms. The van der Waals surface area contributed by atoms with Crippen molar-refractivity contribution in [1.29, 1.82) is 0 Å². The summed E-state index contributed by atoms with van der Waals surface area (Å²) >= 11 is 0. The van der Waals surface area contributed by atoms with Crippen LogP contribution in [-0.4, -0.2) is 81.4 Å². The highest BCUT2D eigenvalue weighted by molar-refractivity contribution is 7.88. The minimum absolute atomic E-state index is 0.0251. The SMILES string of the molecule is CCOC(=O)c1ccc(OC)c(NC(=O)C(=Nc2ccc([N+]3(CC)CC3NS(C)(=O)=O)cc2C)c2nc3ccccc3c(=O)n2CCCOc2ccc(C)cc2C)c1. The van der Waals surface area contributed by atoms with Crippen LogP contribution in [0.4, 0.5) is 17.1 Å². The van der Waals surface area contributed by atoms with E-state index in [1.54, 1.807) is 43.3 Å². The van der Waals surface area contributed by atoms with E-state index in [0.717, 1.165) is 28.8 Å². The Morgan fingerprint density at radius 1 is 0.966 bits per heavy atom. The average molecular weight is 810 g/mol. The molecule has 6 rings (SSSR count). The van der Waals surface area contributed by atoms with Gasteiger partial charge in [0.05, 0.1) is 61.0 Å². The molecule has 0 bridgehead atoms. The maximum Gasteiger partial charge on any atom is 0.338 e. The molecule has 14 nitrogen and oxygen atoms in total. The van der Waals surface area contributed by atoms with Crippen LogP contribution in [0.25, 0.3) is 10.9 Å². The Balaban J connectivity index is 1.45. The van der Waals surface area contributed by atoms with Gasteiger partial charge in [0.1, 0.15) is 17.2 Å². The molecular formula is C43H49N6O8S+. The summed E-state index contributed by atoms with van der Waals surface area (Å²) < 4.78 is 45.6. The molecule has 58 heavy (non-hydrogen) atoms. The van der Waals surface area contributed by atoms with Crippen LogP contribution < -0.4 is 29.6 Å². The monoisotopic (exact) mass is 809 g/mol. The molecule has 5 aromatic rings. The molecular weight excluding hydrogens is 761 g/mol. The highest BCUT2D eigenvalue weighted by atomic mass is 32.2. The van der Waals surface area contributed by atoms with Crippen molar-refractivity contribution >= 4 is 55.6 Å². The average Bonchev–Trinajstić information content (AvgIpc) is 3.89. The van der Waals surface area contributed by atoms with Crippen LogP contribution in [0.3, 0.4) is 0 Å². The number of hydrogen-bond donors (Lipinski definition) is 2. The summed E-state index contributed by atoms with van der Waals surface area (Å²) in [7, 11) is -1.99. The van der Waals surface area contributed by atoms with E-state index >= 15 is 0 Å². The van der Waals surface area contributed by atoms with Crippen molar-refractivity contribution in [3.05, 3.63) is 117 Å². The number of methoxy groups -OCH3 is 1. The van der Waals surface area contributed by atoms with E-state index in [9.17, 15) is 22.8 Å². The summed E-state index contributed by atoms with van der Waals surface area (Å²) in [6, 6.07) is 22.9. The second-order valence-corrected chi connectivity index (χ2v) is 16.1. The molecule has 2 heterocycles. The molecule has 4 aromatic carbocycles. The quantitative estimate of drug-likeness (QED) is 0.0403. The highest BCUT2D eigenvalue weighted by Crippen LogP contribution is 2.39. The molecule has 1 aromatic heterocycles. The number of para-hydroxylation sites is 1. The minimum atomic E-state index is -3.42. The van der Waals surface area contributed by atoms with Crippen LogP contribution in [0.1, 0.15) is 53.1 Å². The van der Waals surface area contributed by atoms with E-state index in [2.05, 4.69) is 10.0 Å². The third kappa shape index (κ3) is 9.12. The van der Waals surface area contributed by atoms with E-state index in [1.165, 1.54) is 23.8 Å². The molecule has 1 aliphatic heterocycles. The van der Waals surface area contributed by atoms with E-state index in [4.69, 9.17) is 24.2 Å². The summed E-state index contributed by atoms with van der Waals surface area (Å²) in [4.78, 5) is 51.5. The van der Waals surface area contributed by atoms with Gasteiger partial charge in [-0.1, -0.05) is 29.8 Å². The van der Waals surface area contributed by atoms with Crippen molar-refractivity contribution in [3.63, 3.8) is 0 Å². The van der Waals surface area contributed by atoms with E-state index < -0.39 is 21.9 Å². The van der Waals surface area contributed by atoms with E-state index in [0.29, 0.717) is 46.1 Å². The summed E-state index contributed by atoms with van der Waals surface area (Å²) in [5.74, 6) is -0.255. The van der Waals surface area contributed by atoms with Crippen LogP contribution in [0.5, 0.6) is 11.5 Å². The second-order valence-electron chi connectivity index (χ2n) is 14.3. The summed E-state index contributed by atoms with van der Waals surface area (Å²) in [5.41, 5.74) is 4.35. The smallest absolute Gasteiger partial charge is 0.338 e. The Bertz CT molecular complexity index is 2590. The number of ether oxygens (including phenoxy) is 3. The molecule has 0 radical (unpaired) electrons. The van der Waals surface area contributed by atoms with Gasteiger partial charge in [0.15, 0.2) is 18.1 Å². The van der Waals surface area contributed by atoms with Crippen LogP contribution in [-0.2, 0) is 26.1 Å². The zero-order valence-corrected chi connectivity index (χ0v) is 34.6. The number of nitrogens with one attached hydrogen (secondary N) is 2. The highest BCUT2D eigenvalue weighted by Gasteiger charge is 2.57. The van der Waals surface area contributed by atoms with Gasteiger partial charge < -0.3 is 19.5 Å². The summed E-state index contributed by atoms with van der Waals surface area (Å²) in [6.45, 7) is 11.4. The number of aromatic nitrogens is 2. The van der Waals surface area contributed by atoms with Crippen molar-refractivity contribution in [1.82, 2.24) is 18.8 Å². The van der Waals surface area contributed by atoms with Gasteiger partial charge in [-0.2, -0.15) is 4.72 Å². The lowest BCUT2D eigenvalue weighted by Crippen LogP contribution is -2.38. The number of amides is 1.